The third-order valence-corrected chi connectivity index (χ3v) is 5.54. The van der Waals surface area contributed by atoms with Crippen LogP contribution >= 0.6 is 0 Å². The number of carbonyl (C=O) groups excluding carboxylic acids is 2. The lowest BCUT2D eigenvalue weighted by molar-refractivity contribution is -0.126. The summed E-state index contributed by atoms with van der Waals surface area (Å²) in [6.07, 6.45) is 2.46. The number of likely N-dealkylation sites (tertiary alicyclic amines) is 1. The molecule has 0 unspecified atom stereocenters. The molecule has 2 heterocycles. The average molecular weight is 392 g/mol. The average Bonchev–Trinajstić information content (AvgIpc) is 3.39. The topological polar surface area (TPSA) is 92.1 Å². The van der Waals surface area contributed by atoms with E-state index in [-0.39, 0.29) is 18.3 Å². The molecule has 1 aliphatic heterocycles. The number of nitrogens with zero attached hydrogens (tertiary/aromatic N) is 2. The Morgan fingerprint density at radius 1 is 1.14 bits per heavy atom. The molecule has 3 N–H and O–H groups in total. The molecule has 0 saturated carbocycles. The van der Waals surface area contributed by atoms with Gasteiger partial charge in [-0.25, -0.2) is 4.39 Å². The van der Waals surface area contributed by atoms with Crippen LogP contribution in [0.3, 0.4) is 0 Å². The second-order valence-electron chi connectivity index (χ2n) is 7.48. The minimum Gasteiger partial charge on any atom is -0.369 e. The Bertz CT molecular complexity index is 1030. The Hall–Kier alpha value is -3.48. The lowest BCUT2D eigenvalue weighted by Gasteiger charge is -2.26. The lowest BCUT2D eigenvalue weighted by atomic mass is 9.79. The van der Waals surface area contributed by atoms with Crippen molar-refractivity contribution in [2.45, 2.75) is 12.8 Å². The predicted octanol–water partition coefficient (Wildman–Crippen LogP) is 2.78. The molecule has 3 aromatic rings. The van der Waals surface area contributed by atoms with E-state index in [2.05, 4.69) is 10.2 Å². The highest BCUT2D eigenvalue weighted by molar-refractivity contribution is 5.93. The number of nitrogens with one attached hydrogen (secondary N) is 1. The summed E-state index contributed by atoms with van der Waals surface area (Å²) < 4.78 is 13.2. The fourth-order valence-corrected chi connectivity index (χ4v) is 3.92. The fraction of sp³-hybridized carbons (Fsp3) is 0.227. The molecule has 29 heavy (non-hydrogen) atoms. The van der Waals surface area contributed by atoms with Crippen LogP contribution in [-0.2, 0) is 11.2 Å². The van der Waals surface area contributed by atoms with Crippen LogP contribution in [0.4, 0.5) is 4.39 Å². The van der Waals surface area contributed by atoms with Gasteiger partial charge in [0.2, 0.25) is 5.91 Å². The van der Waals surface area contributed by atoms with Gasteiger partial charge < -0.3 is 10.6 Å². The molecule has 1 saturated heterocycles. The smallest absolute Gasteiger partial charge is 0.271 e. The summed E-state index contributed by atoms with van der Waals surface area (Å²) >= 11 is 0. The maximum atomic E-state index is 13.2. The molecule has 148 valence electrons. The first kappa shape index (κ1) is 18.9. The molecule has 0 aliphatic carbocycles. The predicted molar refractivity (Wildman–Crippen MR) is 106 cm³/mol. The van der Waals surface area contributed by atoms with Gasteiger partial charge in [-0.05, 0) is 47.7 Å². The van der Waals surface area contributed by atoms with E-state index in [4.69, 9.17) is 5.73 Å². The molecule has 1 aromatic heterocycles. The summed E-state index contributed by atoms with van der Waals surface area (Å²) in [7, 11) is 0. The number of halogens is 1. The Labute approximate surface area is 167 Å². The SMILES string of the molecule is NC(=O)[C@@]1(Cc2cccc(-c3ccc(F)cc3)c2)CCN(C(=O)c2ccn[nH]2)C1. The number of amides is 2. The standard InChI is InChI=1S/C22H21FN4O2/c23-18-6-4-16(5-7-18)17-3-1-2-15(12-17)13-22(21(24)29)9-11-27(14-22)20(28)19-8-10-25-26-19/h1-8,10,12H,9,11,13-14H2,(H2,24,29)(H,25,26)/t22-/m1/s1. The van der Waals surface area contributed by atoms with Crippen molar-refractivity contribution in [3.05, 3.63) is 77.9 Å². The third-order valence-electron chi connectivity index (χ3n) is 5.54. The first-order chi connectivity index (χ1) is 14.0. The number of aromatic nitrogens is 2. The van der Waals surface area contributed by atoms with Crippen molar-refractivity contribution >= 4 is 11.8 Å². The monoisotopic (exact) mass is 392 g/mol. The molecule has 2 aromatic carbocycles. The molecular formula is C22H21FN4O2. The third kappa shape index (κ3) is 3.76. The largest absolute Gasteiger partial charge is 0.369 e. The van der Waals surface area contributed by atoms with Crippen molar-refractivity contribution in [3.8, 4) is 11.1 Å². The number of carbonyl (C=O) groups is 2. The molecule has 1 aliphatic rings. The number of nitrogens with two attached hydrogens (primary N) is 1. The zero-order valence-electron chi connectivity index (χ0n) is 15.8. The fourth-order valence-electron chi connectivity index (χ4n) is 3.92. The summed E-state index contributed by atoms with van der Waals surface area (Å²) in [4.78, 5) is 26.6. The quantitative estimate of drug-likeness (QED) is 0.699. The van der Waals surface area contributed by atoms with Gasteiger partial charge in [0.15, 0.2) is 0 Å². The van der Waals surface area contributed by atoms with Crippen LogP contribution in [0.2, 0.25) is 0 Å². The van der Waals surface area contributed by atoms with Gasteiger partial charge in [-0.15, -0.1) is 0 Å². The second kappa shape index (κ2) is 7.50. The van der Waals surface area contributed by atoms with E-state index in [9.17, 15) is 14.0 Å². The van der Waals surface area contributed by atoms with Crippen LogP contribution in [0.25, 0.3) is 11.1 Å². The van der Waals surface area contributed by atoms with E-state index in [1.54, 1.807) is 23.1 Å². The molecule has 7 heteroatoms. The number of aromatic amines is 1. The Morgan fingerprint density at radius 2 is 1.93 bits per heavy atom. The number of hydrogen-bond acceptors (Lipinski definition) is 3. The van der Waals surface area contributed by atoms with Gasteiger partial charge in [-0.2, -0.15) is 5.10 Å². The van der Waals surface area contributed by atoms with E-state index in [0.717, 1.165) is 16.7 Å². The minimum absolute atomic E-state index is 0.189. The molecule has 1 atom stereocenters. The number of H-pyrrole nitrogens is 1. The highest BCUT2D eigenvalue weighted by atomic mass is 19.1. The molecule has 4 rings (SSSR count). The number of hydrogen-bond donors (Lipinski definition) is 2. The van der Waals surface area contributed by atoms with E-state index < -0.39 is 11.3 Å². The molecule has 0 spiro atoms. The van der Waals surface area contributed by atoms with Crippen molar-refractivity contribution in [3.63, 3.8) is 0 Å². The first-order valence-electron chi connectivity index (χ1n) is 9.40. The summed E-state index contributed by atoms with van der Waals surface area (Å²) in [6.45, 7) is 0.722. The van der Waals surface area contributed by atoms with Gasteiger partial charge >= 0.3 is 0 Å². The zero-order valence-corrected chi connectivity index (χ0v) is 15.8. The Morgan fingerprint density at radius 3 is 2.62 bits per heavy atom. The van der Waals surface area contributed by atoms with Crippen LogP contribution in [0.1, 0.15) is 22.5 Å². The number of primary amides is 1. The van der Waals surface area contributed by atoms with Crippen molar-refractivity contribution in [2.24, 2.45) is 11.1 Å². The number of benzene rings is 2. The van der Waals surface area contributed by atoms with E-state index in [0.29, 0.717) is 25.1 Å². The summed E-state index contributed by atoms with van der Waals surface area (Å²) in [5.41, 5.74) is 8.13. The van der Waals surface area contributed by atoms with Gasteiger partial charge in [-0.1, -0.05) is 36.4 Å². The van der Waals surface area contributed by atoms with Crippen LogP contribution in [0.15, 0.2) is 60.8 Å². The highest BCUT2D eigenvalue weighted by Crippen LogP contribution is 2.35. The van der Waals surface area contributed by atoms with Crippen LogP contribution in [0, 0.1) is 11.2 Å². The summed E-state index contributed by atoms with van der Waals surface area (Å²) in [6, 6.07) is 15.7. The highest BCUT2D eigenvalue weighted by Gasteiger charge is 2.45. The zero-order chi connectivity index (χ0) is 20.4. The molecular weight excluding hydrogens is 371 g/mol. The Kier molecular flexibility index (Phi) is 4.88. The van der Waals surface area contributed by atoms with Crippen LogP contribution in [-0.4, -0.2) is 40.0 Å². The van der Waals surface area contributed by atoms with Crippen molar-refractivity contribution in [2.75, 3.05) is 13.1 Å². The first-order valence-corrected chi connectivity index (χ1v) is 9.40. The lowest BCUT2D eigenvalue weighted by Crippen LogP contribution is -2.42. The second-order valence-corrected chi connectivity index (χ2v) is 7.48. The van der Waals surface area contributed by atoms with Gasteiger partial charge in [-0.3, -0.25) is 14.7 Å². The van der Waals surface area contributed by atoms with E-state index in [1.165, 1.54) is 18.3 Å². The van der Waals surface area contributed by atoms with Gasteiger partial charge in [0.05, 0.1) is 5.41 Å². The van der Waals surface area contributed by atoms with Crippen LogP contribution < -0.4 is 5.73 Å². The molecule has 6 nitrogen and oxygen atoms in total. The summed E-state index contributed by atoms with van der Waals surface area (Å²) in [5, 5.41) is 6.48. The van der Waals surface area contributed by atoms with Crippen LogP contribution in [0.5, 0.6) is 0 Å². The number of rotatable bonds is 5. The molecule has 2 amide bonds. The maximum absolute atomic E-state index is 13.2. The van der Waals surface area contributed by atoms with Crippen molar-refractivity contribution < 1.29 is 14.0 Å². The van der Waals surface area contributed by atoms with E-state index in [1.807, 2.05) is 24.3 Å². The van der Waals surface area contributed by atoms with Gasteiger partial charge in [0.1, 0.15) is 11.5 Å². The minimum atomic E-state index is -0.822. The van der Waals surface area contributed by atoms with Crippen molar-refractivity contribution in [1.29, 1.82) is 0 Å². The van der Waals surface area contributed by atoms with Gasteiger partial charge in [0, 0.05) is 19.3 Å². The van der Waals surface area contributed by atoms with Gasteiger partial charge in [0.25, 0.3) is 5.91 Å². The van der Waals surface area contributed by atoms with E-state index >= 15 is 0 Å². The normalized spacial score (nSPS) is 18.7. The summed E-state index contributed by atoms with van der Waals surface area (Å²) in [5.74, 6) is -0.888. The maximum Gasteiger partial charge on any atom is 0.271 e. The molecule has 0 bridgehead atoms. The molecule has 1 fully saturated rings. The van der Waals surface area contributed by atoms with Crippen molar-refractivity contribution in [1.82, 2.24) is 15.1 Å². The molecule has 0 radical (unpaired) electrons. The Balaban J connectivity index is 1.56.